The number of benzene rings is 1. The number of hydrogen-bond donors (Lipinski definition) is 2. The van der Waals surface area contributed by atoms with Gasteiger partial charge in [-0.2, -0.15) is 0 Å². The molecule has 1 atom stereocenters. The first-order valence-corrected chi connectivity index (χ1v) is 8.80. The van der Waals surface area contributed by atoms with Gasteiger partial charge in [-0.05, 0) is 30.7 Å². The molecule has 2 N–H and O–H groups in total. The van der Waals surface area contributed by atoms with Gasteiger partial charge in [-0.25, -0.2) is 0 Å². The highest BCUT2D eigenvalue weighted by Gasteiger charge is 2.29. The number of hydrogen-bond acceptors (Lipinski definition) is 5. The van der Waals surface area contributed by atoms with Crippen LogP contribution in [-0.4, -0.2) is 68.6 Å². The molecule has 8 nitrogen and oxygen atoms in total. The smallest absolute Gasteiger partial charge is 0.245 e. The summed E-state index contributed by atoms with van der Waals surface area (Å²) in [6.07, 6.45) is 0.832. The lowest BCUT2D eigenvalue weighted by atomic mass is 10.2. The van der Waals surface area contributed by atoms with E-state index in [-0.39, 0.29) is 24.3 Å². The summed E-state index contributed by atoms with van der Waals surface area (Å²) in [5, 5.41) is 5.41. The zero-order valence-electron chi connectivity index (χ0n) is 14.9. The standard InChI is InChI=1S/C18H24N4O4/c1-21(18(25)15-6-7-16(23)20-15)12-17(24)19-13-2-4-14(5-3-13)22-8-10-26-11-9-22/h2-5,15H,6-12H2,1H3,(H,19,24)(H,20,23)/t15-/m1/s1. The zero-order chi connectivity index (χ0) is 18.5. The largest absolute Gasteiger partial charge is 0.378 e. The average Bonchev–Trinajstić information content (AvgIpc) is 3.08. The maximum atomic E-state index is 12.2. The van der Waals surface area contributed by atoms with Crippen LogP contribution in [0.4, 0.5) is 11.4 Å². The van der Waals surface area contributed by atoms with Crippen molar-refractivity contribution in [3.63, 3.8) is 0 Å². The van der Waals surface area contributed by atoms with Gasteiger partial charge in [0, 0.05) is 37.9 Å². The van der Waals surface area contributed by atoms with Crippen LogP contribution in [0.2, 0.25) is 0 Å². The molecule has 8 heteroatoms. The monoisotopic (exact) mass is 360 g/mol. The van der Waals surface area contributed by atoms with E-state index >= 15 is 0 Å². The summed E-state index contributed by atoms with van der Waals surface area (Å²) in [7, 11) is 1.56. The lowest BCUT2D eigenvalue weighted by Gasteiger charge is -2.29. The fourth-order valence-electron chi connectivity index (χ4n) is 3.14. The van der Waals surface area contributed by atoms with E-state index in [9.17, 15) is 14.4 Å². The molecule has 0 bridgehead atoms. The number of likely N-dealkylation sites (N-methyl/N-ethyl adjacent to an activating group) is 1. The van der Waals surface area contributed by atoms with Crippen LogP contribution in [0.25, 0.3) is 0 Å². The molecule has 2 saturated heterocycles. The number of ether oxygens (including phenoxy) is 1. The first-order chi connectivity index (χ1) is 12.5. The van der Waals surface area contributed by atoms with E-state index in [0.29, 0.717) is 18.5 Å². The van der Waals surface area contributed by atoms with Crippen LogP contribution in [0.5, 0.6) is 0 Å². The Bertz CT molecular complexity index is 670. The molecule has 2 heterocycles. The molecule has 0 aliphatic carbocycles. The van der Waals surface area contributed by atoms with Crippen LogP contribution in [-0.2, 0) is 19.1 Å². The highest BCUT2D eigenvalue weighted by Crippen LogP contribution is 2.19. The second-order valence-electron chi connectivity index (χ2n) is 6.55. The van der Waals surface area contributed by atoms with E-state index < -0.39 is 6.04 Å². The van der Waals surface area contributed by atoms with Crippen molar-refractivity contribution < 1.29 is 19.1 Å². The Kier molecular flexibility index (Phi) is 5.72. The predicted molar refractivity (Wildman–Crippen MR) is 96.9 cm³/mol. The minimum Gasteiger partial charge on any atom is -0.378 e. The lowest BCUT2D eigenvalue weighted by Crippen LogP contribution is -2.45. The average molecular weight is 360 g/mol. The Balaban J connectivity index is 1.49. The first-order valence-electron chi connectivity index (χ1n) is 8.80. The molecule has 0 aromatic heterocycles. The quantitative estimate of drug-likeness (QED) is 0.783. The third kappa shape index (κ3) is 4.51. The minimum atomic E-state index is -0.520. The summed E-state index contributed by atoms with van der Waals surface area (Å²) < 4.78 is 5.34. The molecule has 26 heavy (non-hydrogen) atoms. The molecule has 0 radical (unpaired) electrons. The van der Waals surface area contributed by atoms with E-state index in [1.54, 1.807) is 7.05 Å². The summed E-state index contributed by atoms with van der Waals surface area (Å²) in [5.41, 5.74) is 1.78. The number of amides is 3. The number of carbonyl (C=O) groups is 3. The lowest BCUT2D eigenvalue weighted by molar-refractivity contribution is -0.135. The number of rotatable bonds is 5. The van der Waals surface area contributed by atoms with Crippen molar-refractivity contribution in [3.8, 4) is 0 Å². The van der Waals surface area contributed by atoms with Crippen LogP contribution in [0.3, 0.4) is 0 Å². The SMILES string of the molecule is CN(CC(=O)Nc1ccc(N2CCOCC2)cc1)C(=O)[C@H]1CCC(=O)N1. The Morgan fingerprint density at radius 3 is 2.58 bits per heavy atom. The molecular weight excluding hydrogens is 336 g/mol. The molecule has 0 saturated carbocycles. The number of anilines is 2. The third-order valence-electron chi connectivity index (χ3n) is 4.58. The number of nitrogens with zero attached hydrogens (tertiary/aromatic N) is 2. The summed E-state index contributed by atoms with van der Waals surface area (Å²) in [5.74, 6) is -0.639. The van der Waals surface area contributed by atoms with Crippen LogP contribution in [0.1, 0.15) is 12.8 Å². The second-order valence-corrected chi connectivity index (χ2v) is 6.55. The normalized spacial score (nSPS) is 19.8. The van der Waals surface area contributed by atoms with Crippen molar-refractivity contribution >= 4 is 29.1 Å². The molecule has 3 amide bonds. The molecule has 2 aliphatic rings. The van der Waals surface area contributed by atoms with Gasteiger partial charge < -0.3 is 25.2 Å². The van der Waals surface area contributed by atoms with E-state index in [4.69, 9.17) is 4.74 Å². The summed E-state index contributed by atoms with van der Waals surface area (Å²) in [6, 6.07) is 7.10. The van der Waals surface area contributed by atoms with Gasteiger partial charge in [0.15, 0.2) is 0 Å². The molecule has 0 unspecified atom stereocenters. The van der Waals surface area contributed by atoms with Gasteiger partial charge in [0.25, 0.3) is 0 Å². The van der Waals surface area contributed by atoms with E-state index in [1.165, 1.54) is 4.90 Å². The van der Waals surface area contributed by atoms with Gasteiger partial charge in [-0.15, -0.1) is 0 Å². The second kappa shape index (κ2) is 8.18. The fraction of sp³-hybridized carbons (Fsp3) is 0.500. The van der Waals surface area contributed by atoms with Crippen molar-refractivity contribution in [1.29, 1.82) is 0 Å². The molecule has 3 rings (SSSR count). The van der Waals surface area contributed by atoms with E-state index in [0.717, 1.165) is 32.0 Å². The van der Waals surface area contributed by atoms with Crippen molar-refractivity contribution in [2.24, 2.45) is 0 Å². The Morgan fingerprint density at radius 2 is 1.96 bits per heavy atom. The highest BCUT2D eigenvalue weighted by molar-refractivity contribution is 5.96. The Labute approximate surface area is 152 Å². The van der Waals surface area contributed by atoms with Crippen LogP contribution in [0, 0.1) is 0 Å². The predicted octanol–water partition coefficient (Wildman–Crippen LogP) is 0.199. The van der Waals surface area contributed by atoms with Gasteiger partial charge in [-0.3, -0.25) is 14.4 Å². The topological polar surface area (TPSA) is 91.0 Å². The van der Waals surface area contributed by atoms with Gasteiger partial charge in [0.1, 0.15) is 6.04 Å². The molecular formula is C18H24N4O4. The Morgan fingerprint density at radius 1 is 1.27 bits per heavy atom. The maximum absolute atomic E-state index is 12.2. The zero-order valence-corrected chi connectivity index (χ0v) is 14.9. The summed E-state index contributed by atoms with van der Waals surface area (Å²) in [6.45, 7) is 3.10. The van der Waals surface area contributed by atoms with E-state index in [2.05, 4.69) is 15.5 Å². The van der Waals surface area contributed by atoms with Crippen molar-refractivity contribution in [2.45, 2.75) is 18.9 Å². The van der Waals surface area contributed by atoms with Crippen molar-refractivity contribution in [3.05, 3.63) is 24.3 Å². The Hall–Kier alpha value is -2.61. The molecule has 1 aromatic rings. The molecule has 140 valence electrons. The summed E-state index contributed by atoms with van der Waals surface area (Å²) >= 11 is 0. The molecule has 2 fully saturated rings. The minimum absolute atomic E-state index is 0.0591. The number of nitrogens with one attached hydrogen (secondary N) is 2. The van der Waals surface area contributed by atoms with Crippen LogP contribution >= 0.6 is 0 Å². The molecule has 2 aliphatic heterocycles. The highest BCUT2D eigenvalue weighted by atomic mass is 16.5. The molecule has 0 spiro atoms. The van der Waals surface area contributed by atoms with Gasteiger partial charge >= 0.3 is 0 Å². The third-order valence-corrected chi connectivity index (χ3v) is 4.58. The van der Waals surface area contributed by atoms with Gasteiger partial charge in [0.05, 0.1) is 19.8 Å². The first kappa shape index (κ1) is 18.2. The van der Waals surface area contributed by atoms with Crippen molar-refractivity contribution in [1.82, 2.24) is 10.2 Å². The maximum Gasteiger partial charge on any atom is 0.245 e. The summed E-state index contributed by atoms with van der Waals surface area (Å²) in [4.78, 5) is 39.2. The molecule has 1 aromatic carbocycles. The number of carbonyl (C=O) groups excluding carboxylic acids is 3. The van der Waals surface area contributed by atoms with Gasteiger partial charge in [0.2, 0.25) is 17.7 Å². The fourth-order valence-corrected chi connectivity index (χ4v) is 3.14. The van der Waals surface area contributed by atoms with Crippen LogP contribution < -0.4 is 15.5 Å². The van der Waals surface area contributed by atoms with Crippen LogP contribution in [0.15, 0.2) is 24.3 Å². The van der Waals surface area contributed by atoms with E-state index in [1.807, 2.05) is 24.3 Å². The van der Waals surface area contributed by atoms with Gasteiger partial charge in [-0.1, -0.05) is 0 Å². The number of morpholine rings is 1. The van der Waals surface area contributed by atoms with Crippen molar-refractivity contribution in [2.75, 3.05) is 50.1 Å².